The second-order valence-electron chi connectivity index (χ2n) is 5.84. The molecule has 124 valence electrons. The lowest BCUT2D eigenvalue weighted by Gasteiger charge is -2.18. The molecule has 0 atom stereocenters. The van der Waals surface area contributed by atoms with Gasteiger partial charge in [-0.3, -0.25) is 14.1 Å². The topological polar surface area (TPSA) is 37.6 Å². The van der Waals surface area contributed by atoms with Crippen LogP contribution in [0.1, 0.15) is 16.8 Å². The van der Waals surface area contributed by atoms with Crippen LogP contribution in [-0.4, -0.2) is 21.3 Å². The number of hydrogen-bond donors (Lipinski definition) is 0. The largest absolute Gasteiger partial charge is 0.296 e. The maximum Gasteiger partial charge on any atom is 0.258 e. The predicted octanol–water partition coefficient (Wildman–Crippen LogP) is 3.43. The van der Waals surface area contributed by atoms with Gasteiger partial charge in [-0.1, -0.05) is 23.7 Å². The smallest absolute Gasteiger partial charge is 0.258 e. The molecule has 0 aliphatic heterocycles. The van der Waals surface area contributed by atoms with Gasteiger partial charge < -0.3 is 0 Å². The van der Waals surface area contributed by atoms with E-state index >= 15 is 0 Å². The van der Waals surface area contributed by atoms with Gasteiger partial charge in [0.05, 0.1) is 5.69 Å². The Hall–Kier alpha value is -2.24. The number of halogens is 2. The highest BCUT2D eigenvalue weighted by Crippen LogP contribution is 2.20. The molecule has 3 aromatic rings. The van der Waals surface area contributed by atoms with E-state index in [2.05, 4.69) is 4.98 Å². The van der Waals surface area contributed by atoms with Crippen molar-refractivity contribution in [1.82, 2.24) is 14.3 Å². The van der Waals surface area contributed by atoms with Crippen molar-refractivity contribution in [3.8, 4) is 0 Å². The third-order valence-electron chi connectivity index (χ3n) is 3.86. The molecule has 2 heterocycles. The van der Waals surface area contributed by atoms with E-state index in [-0.39, 0.29) is 11.4 Å². The average Bonchev–Trinajstić information content (AvgIpc) is 2.52. The molecule has 2 aromatic heterocycles. The van der Waals surface area contributed by atoms with Crippen molar-refractivity contribution in [3.05, 3.63) is 80.6 Å². The standard InChI is InChI=1S/C18H17ClFN3O/c1-12-5-4-8-23-17(24)9-13(21-18(12)23)10-22(2)11-14-15(19)6-3-7-16(14)20/h3-9H,10-11H2,1-2H3. The SMILES string of the molecule is Cc1cccn2c(=O)cc(CN(C)Cc3c(F)cccc3Cl)nc12. The van der Waals surface area contributed by atoms with Crippen molar-refractivity contribution in [1.29, 1.82) is 0 Å². The fourth-order valence-corrected chi connectivity index (χ4v) is 2.90. The normalized spacial score (nSPS) is 11.4. The monoisotopic (exact) mass is 345 g/mol. The van der Waals surface area contributed by atoms with Crippen molar-refractivity contribution < 1.29 is 4.39 Å². The Morgan fingerprint density at radius 1 is 1.25 bits per heavy atom. The number of fused-ring (bicyclic) bond motifs is 1. The number of aryl methyl sites for hydroxylation is 1. The molecule has 0 fully saturated rings. The minimum Gasteiger partial charge on any atom is -0.296 e. The summed E-state index contributed by atoms with van der Waals surface area (Å²) in [6, 6.07) is 9.87. The van der Waals surface area contributed by atoms with Gasteiger partial charge in [0.25, 0.3) is 5.56 Å². The van der Waals surface area contributed by atoms with E-state index in [9.17, 15) is 9.18 Å². The number of rotatable bonds is 4. The summed E-state index contributed by atoms with van der Waals surface area (Å²) in [6.45, 7) is 2.67. The third-order valence-corrected chi connectivity index (χ3v) is 4.22. The summed E-state index contributed by atoms with van der Waals surface area (Å²) >= 11 is 6.07. The van der Waals surface area contributed by atoms with Crippen molar-refractivity contribution in [3.63, 3.8) is 0 Å². The summed E-state index contributed by atoms with van der Waals surface area (Å²) in [6.07, 6.45) is 1.70. The number of benzene rings is 1. The van der Waals surface area contributed by atoms with E-state index in [1.165, 1.54) is 16.5 Å². The molecule has 0 aliphatic carbocycles. The fraction of sp³-hybridized carbons (Fsp3) is 0.222. The van der Waals surface area contributed by atoms with Crippen LogP contribution in [0.5, 0.6) is 0 Å². The first-order chi connectivity index (χ1) is 11.5. The molecule has 1 aromatic carbocycles. The van der Waals surface area contributed by atoms with Crippen LogP contribution in [0.4, 0.5) is 4.39 Å². The summed E-state index contributed by atoms with van der Waals surface area (Å²) in [5.74, 6) is -0.336. The van der Waals surface area contributed by atoms with E-state index in [1.54, 1.807) is 18.3 Å². The Bertz CT molecular complexity index is 934. The fourth-order valence-electron chi connectivity index (χ4n) is 2.68. The number of hydrogen-bond acceptors (Lipinski definition) is 3. The molecule has 0 aliphatic rings. The van der Waals surface area contributed by atoms with Gasteiger partial charge >= 0.3 is 0 Å². The van der Waals surface area contributed by atoms with Crippen molar-refractivity contribution in [2.24, 2.45) is 0 Å². The van der Waals surface area contributed by atoms with Crippen LogP contribution in [0.25, 0.3) is 5.65 Å². The number of pyridine rings is 1. The summed E-state index contributed by atoms with van der Waals surface area (Å²) in [4.78, 5) is 18.7. The van der Waals surface area contributed by atoms with Crippen LogP contribution in [0, 0.1) is 12.7 Å². The van der Waals surface area contributed by atoms with Crippen LogP contribution >= 0.6 is 11.6 Å². The van der Waals surface area contributed by atoms with Gasteiger partial charge in [-0.15, -0.1) is 0 Å². The molecule has 24 heavy (non-hydrogen) atoms. The van der Waals surface area contributed by atoms with Gasteiger partial charge in [0, 0.05) is 35.9 Å². The van der Waals surface area contributed by atoms with Gasteiger partial charge in [0.1, 0.15) is 11.5 Å². The van der Waals surface area contributed by atoms with Gasteiger partial charge in [0.2, 0.25) is 0 Å². The van der Waals surface area contributed by atoms with Crippen LogP contribution < -0.4 is 5.56 Å². The highest BCUT2D eigenvalue weighted by atomic mass is 35.5. The molecule has 0 amide bonds. The lowest BCUT2D eigenvalue weighted by Crippen LogP contribution is -2.22. The minimum absolute atomic E-state index is 0.129. The van der Waals surface area contributed by atoms with Crippen molar-refractivity contribution >= 4 is 17.2 Å². The van der Waals surface area contributed by atoms with E-state index < -0.39 is 0 Å². The third kappa shape index (κ3) is 3.32. The Kier molecular flexibility index (Phi) is 4.64. The predicted molar refractivity (Wildman–Crippen MR) is 92.8 cm³/mol. The first-order valence-electron chi connectivity index (χ1n) is 7.55. The Balaban J connectivity index is 1.87. The van der Waals surface area contributed by atoms with Crippen molar-refractivity contribution in [2.75, 3.05) is 7.05 Å². The zero-order valence-corrected chi connectivity index (χ0v) is 14.2. The molecular formula is C18H17ClFN3O. The lowest BCUT2D eigenvalue weighted by atomic mass is 10.2. The lowest BCUT2D eigenvalue weighted by molar-refractivity contribution is 0.310. The Labute approximate surface area is 144 Å². The first-order valence-corrected chi connectivity index (χ1v) is 7.93. The molecular weight excluding hydrogens is 329 g/mol. The summed E-state index contributed by atoms with van der Waals surface area (Å²) in [5, 5.41) is 0.393. The second-order valence-corrected chi connectivity index (χ2v) is 6.25. The first kappa shape index (κ1) is 16.6. The van der Waals surface area contributed by atoms with Gasteiger partial charge in [-0.05, 0) is 37.7 Å². The minimum atomic E-state index is -0.336. The summed E-state index contributed by atoms with van der Waals surface area (Å²) in [7, 11) is 1.84. The highest BCUT2D eigenvalue weighted by Gasteiger charge is 2.12. The molecule has 0 unspecified atom stereocenters. The van der Waals surface area contributed by atoms with Crippen LogP contribution in [-0.2, 0) is 13.1 Å². The zero-order valence-electron chi connectivity index (χ0n) is 13.5. The maximum atomic E-state index is 13.9. The Morgan fingerprint density at radius 3 is 2.79 bits per heavy atom. The molecule has 3 rings (SSSR count). The van der Waals surface area contributed by atoms with Crippen molar-refractivity contribution in [2.45, 2.75) is 20.0 Å². The van der Waals surface area contributed by atoms with Gasteiger partial charge in [-0.25, -0.2) is 9.37 Å². The molecule has 0 radical (unpaired) electrons. The average molecular weight is 346 g/mol. The maximum absolute atomic E-state index is 13.9. The van der Waals surface area contributed by atoms with E-state index in [0.29, 0.717) is 35.0 Å². The molecule has 0 saturated heterocycles. The van der Waals surface area contributed by atoms with Crippen LogP contribution in [0.15, 0.2) is 47.4 Å². The number of aromatic nitrogens is 2. The highest BCUT2D eigenvalue weighted by molar-refractivity contribution is 6.31. The second kappa shape index (κ2) is 6.71. The Morgan fingerprint density at radius 2 is 2.04 bits per heavy atom. The molecule has 0 spiro atoms. The molecule has 6 heteroatoms. The summed E-state index contributed by atoms with van der Waals surface area (Å²) < 4.78 is 15.4. The summed E-state index contributed by atoms with van der Waals surface area (Å²) in [5.41, 5.74) is 2.52. The molecule has 0 saturated carbocycles. The molecule has 0 bridgehead atoms. The van der Waals surface area contributed by atoms with Crippen LogP contribution in [0.2, 0.25) is 5.02 Å². The van der Waals surface area contributed by atoms with E-state index in [4.69, 9.17) is 11.6 Å². The molecule has 0 N–H and O–H groups in total. The number of nitrogens with zero attached hydrogens (tertiary/aromatic N) is 3. The van der Waals surface area contributed by atoms with Gasteiger partial charge in [-0.2, -0.15) is 0 Å². The zero-order chi connectivity index (χ0) is 17.3. The quantitative estimate of drug-likeness (QED) is 0.727. The molecule has 4 nitrogen and oxygen atoms in total. The van der Waals surface area contributed by atoms with E-state index in [0.717, 1.165) is 5.56 Å². The van der Waals surface area contributed by atoms with E-state index in [1.807, 2.05) is 31.0 Å². The van der Waals surface area contributed by atoms with Gasteiger partial charge in [0.15, 0.2) is 0 Å². The van der Waals surface area contributed by atoms with Crippen LogP contribution in [0.3, 0.4) is 0 Å².